The van der Waals surface area contributed by atoms with E-state index in [4.69, 9.17) is 4.42 Å². The van der Waals surface area contributed by atoms with Gasteiger partial charge in [-0.15, -0.1) is 0 Å². The number of para-hydroxylation sites is 1. The lowest BCUT2D eigenvalue weighted by Crippen LogP contribution is -2.00. The van der Waals surface area contributed by atoms with Crippen LogP contribution in [0.15, 0.2) is 51.7 Å². The minimum absolute atomic E-state index is 0.00210. The maximum Gasteiger partial charge on any atom is 0.193 e. The van der Waals surface area contributed by atoms with E-state index in [2.05, 4.69) is 32.9 Å². The fourth-order valence-electron chi connectivity index (χ4n) is 2.42. The van der Waals surface area contributed by atoms with Crippen molar-refractivity contribution in [2.45, 2.75) is 20.8 Å². The Morgan fingerprint density at radius 3 is 2.25 bits per heavy atom. The van der Waals surface area contributed by atoms with E-state index < -0.39 is 0 Å². The van der Waals surface area contributed by atoms with E-state index in [9.17, 15) is 4.79 Å². The van der Waals surface area contributed by atoms with Gasteiger partial charge in [0.15, 0.2) is 5.43 Å². The summed E-state index contributed by atoms with van der Waals surface area (Å²) in [5, 5.41) is 0.622. The molecule has 0 aliphatic rings. The summed E-state index contributed by atoms with van der Waals surface area (Å²) < 4.78 is 5.88. The van der Waals surface area contributed by atoms with E-state index in [0.29, 0.717) is 16.7 Å². The first-order chi connectivity index (χ1) is 9.56. The lowest BCUT2D eigenvalue weighted by molar-refractivity contribution is 0.619. The molecular weight excluding hydrogens is 248 g/mol. The summed E-state index contributed by atoms with van der Waals surface area (Å²) in [6.07, 6.45) is 0. The highest BCUT2D eigenvalue weighted by Crippen LogP contribution is 2.26. The fourth-order valence-corrected chi connectivity index (χ4v) is 2.42. The monoisotopic (exact) mass is 264 g/mol. The third-order valence-corrected chi connectivity index (χ3v) is 3.85. The summed E-state index contributed by atoms with van der Waals surface area (Å²) >= 11 is 0. The first-order valence-corrected chi connectivity index (χ1v) is 6.67. The Morgan fingerprint density at radius 2 is 1.55 bits per heavy atom. The van der Waals surface area contributed by atoms with Gasteiger partial charge in [-0.05, 0) is 61.7 Å². The molecule has 0 aliphatic carbocycles. The van der Waals surface area contributed by atoms with Crippen molar-refractivity contribution in [1.82, 2.24) is 0 Å². The number of hydrogen-bond donors (Lipinski definition) is 0. The summed E-state index contributed by atoms with van der Waals surface area (Å²) in [5.74, 6) is 0.625. The Labute approximate surface area is 117 Å². The van der Waals surface area contributed by atoms with Crippen LogP contribution in [0.5, 0.6) is 0 Å². The van der Waals surface area contributed by atoms with E-state index in [1.54, 1.807) is 12.1 Å². The molecule has 2 nitrogen and oxygen atoms in total. The normalized spacial score (nSPS) is 10.9. The lowest BCUT2D eigenvalue weighted by Gasteiger charge is -2.09. The van der Waals surface area contributed by atoms with Crippen LogP contribution in [0.3, 0.4) is 0 Å². The fraction of sp³-hybridized carbons (Fsp3) is 0.167. The number of hydrogen-bond acceptors (Lipinski definition) is 2. The van der Waals surface area contributed by atoms with Crippen molar-refractivity contribution in [3.05, 3.63) is 69.4 Å². The molecule has 0 fully saturated rings. The van der Waals surface area contributed by atoms with Crippen LogP contribution < -0.4 is 5.43 Å². The molecule has 3 rings (SSSR count). The maximum absolute atomic E-state index is 12.1. The molecule has 0 atom stereocenters. The van der Waals surface area contributed by atoms with Gasteiger partial charge in [-0.1, -0.05) is 12.1 Å². The highest BCUT2D eigenvalue weighted by molar-refractivity contribution is 5.78. The van der Waals surface area contributed by atoms with Crippen molar-refractivity contribution in [1.29, 1.82) is 0 Å². The van der Waals surface area contributed by atoms with Gasteiger partial charge in [0.2, 0.25) is 0 Å². The quantitative estimate of drug-likeness (QED) is 0.652. The van der Waals surface area contributed by atoms with Crippen LogP contribution in [-0.2, 0) is 0 Å². The smallest absolute Gasteiger partial charge is 0.193 e. The molecule has 0 N–H and O–H groups in total. The minimum atomic E-state index is -0.00210. The van der Waals surface area contributed by atoms with Crippen LogP contribution in [0.2, 0.25) is 0 Å². The molecule has 0 aliphatic heterocycles. The van der Waals surface area contributed by atoms with Gasteiger partial charge >= 0.3 is 0 Å². The Kier molecular flexibility index (Phi) is 2.94. The Balaban J connectivity index is 2.27. The third-order valence-electron chi connectivity index (χ3n) is 3.85. The summed E-state index contributed by atoms with van der Waals surface area (Å²) in [6.45, 7) is 6.25. The largest absolute Gasteiger partial charge is 0.456 e. The molecule has 0 bridgehead atoms. The van der Waals surface area contributed by atoms with Gasteiger partial charge in [-0.2, -0.15) is 0 Å². The number of rotatable bonds is 1. The second-order valence-electron chi connectivity index (χ2n) is 5.21. The lowest BCUT2D eigenvalue weighted by atomic mass is 9.99. The first-order valence-electron chi connectivity index (χ1n) is 6.67. The van der Waals surface area contributed by atoms with E-state index in [1.807, 2.05) is 18.2 Å². The molecule has 3 aromatic rings. The summed E-state index contributed by atoms with van der Waals surface area (Å²) in [6, 6.07) is 13.0. The van der Waals surface area contributed by atoms with Crippen molar-refractivity contribution in [2.75, 3.05) is 0 Å². The average molecular weight is 264 g/mol. The molecule has 2 aromatic carbocycles. The third kappa shape index (κ3) is 2.03. The van der Waals surface area contributed by atoms with E-state index in [0.717, 1.165) is 5.56 Å². The second kappa shape index (κ2) is 4.64. The zero-order chi connectivity index (χ0) is 14.3. The highest BCUT2D eigenvalue weighted by Gasteiger charge is 2.08. The SMILES string of the molecule is Cc1cc(-c2cc(=O)c3ccccc3o2)cc(C)c1C. The molecule has 2 heteroatoms. The standard InChI is InChI=1S/C18H16O2/c1-11-8-14(9-12(2)13(11)3)18-10-16(19)15-6-4-5-7-17(15)20-18/h4-10H,1-3H3. The topological polar surface area (TPSA) is 30.2 Å². The van der Waals surface area contributed by atoms with E-state index in [1.165, 1.54) is 16.7 Å². The Bertz CT molecular complexity index is 834. The van der Waals surface area contributed by atoms with Gasteiger partial charge in [-0.3, -0.25) is 4.79 Å². The summed E-state index contributed by atoms with van der Waals surface area (Å²) in [5.41, 5.74) is 5.26. The van der Waals surface area contributed by atoms with Crippen LogP contribution in [0.1, 0.15) is 16.7 Å². The van der Waals surface area contributed by atoms with Gasteiger partial charge in [0.05, 0.1) is 5.39 Å². The summed E-state index contributed by atoms with van der Waals surface area (Å²) in [4.78, 5) is 12.1. The predicted octanol–water partition coefficient (Wildman–Crippen LogP) is 4.39. The molecular formula is C18H16O2. The van der Waals surface area contributed by atoms with Gasteiger partial charge in [0, 0.05) is 11.6 Å². The van der Waals surface area contributed by atoms with Crippen molar-refractivity contribution in [2.24, 2.45) is 0 Å². The van der Waals surface area contributed by atoms with Gasteiger partial charge in [0.25, 0.3) is 0 Å². The van der Waals surface area contributed by atoms with E-state index >= 15 is 0 Å². The Hall–Kier alpha value is -2.35. The van der Waals surface area contributed by atoms with E-state index in [-0.39, 0.29) is 5.43 Å². The predicted molar refractivity (Wildman–Crippen MR) is 82.1 cm³/mol. The number of fused-ring (bicyclic) bond motifs is 1. The van der Waals surface area contributed by atoms with Crippen LogP contribution in [0.4, 0.5) is 0 Å². The Morgan fingerprint density at radius 1 is 0.900 bits per heavy atom. The van der Waals surface area contributed by atoms with Crippen molar-refractivity contribution >= 4 is 11.0 Å². The number of aryl methyl sites for hydroxylation is 2. The molecule has 20 heavy (non-hydrogen) atoms. The first kappa shape index (κ1) is 12.7. The van der Waals surface area contributed by atoms with Crippen molar-refractivity contribution < 1.29 is 4.42 Å². The maximum atomic E-state index is 12.1. The molecule has 0 saturated carbocycles. The van der Waals surface area contributed by atoms with Crippen LogP contribution in [0.25, 0.3) is 22.3 Å². The molecule has 0 radical (unpaired) electrons. The van der Waals surface area contributed by atoms with Gasteiger partial charge in [-0.25, -0.2) is 0 Å². The van der Waals surface area contributed by atoms with Crippen LogP contribution >= 0.6 is 0 Å². The minimum Gasteiger partial charge on any atom is -0.456 e. The van der Waals surface area contributed by atoms with Gasteiger partial charge < -0.3 is 4.42 Å². The second-order valence-corrected chi connectivity index (χ2v) is 5.21. The zero-order valence-electron chi connectivity index (χ0n) is 11.9. The van der Waals surface area contributed by atoms with Crippen LogP contribution in [-0.4, -0.2) is 0 Å². The molecule has 0 spiro atoms. The molecule has 1 aromatic heterocycles. The molecule has 1 heterocycles. The van der Waals surface area contributed by atoms with Gasteiger partial charge in [0.1, 0.15) is 11.3 Å². The van der Waals surface area contributed by atoms with Crippen LogP contribution in [0, 0.1) is 20.8 Å². The highest BCUT2D eigenvalue weighted by atomic mass is 16.3. The summed E-state index contributed by atoms with van der Waals surface area (Å²) in [7, 11) is 0. The van der Waals surface area contributed by atoms with Crippen molar-refractivity contribution in [3.63, 3.8) is 0 Å². The molecule has 0 unspecified atom stereocenters. The average Bonchev–Trinajstić information content (AvgIpc) is 2.44. The van der Waals surface area contributed by atoms with Crippen molar-refractivity contribution in [3.8, 4) is 11.3 Å². The molecule has 100 valence electrons. The number of benzene rings is 2. The molecule has 0 saturated heterocycles. The molecule has 0 amide bonds. The zero-order valence-corrected chi connectivity index (χ0v) is 11.9.